The third-order valence-corrected chi connectivity index (χ3v) is 3.11. The number of hydrogen-bond acceptors (Lipinski definition) is 6. The minimum absolute atomic E-state index is 0.0956. The van der Waals surface area contributed by atoms with E-state index in [4.69, 9.17) is 4.74 Å². The molecule has 0 radical (unpaired) electrons. The van der Waals surface area contributed by atoms with E-state index >= 15 is 0 Å². The third kappa shape index (κ3) is 5.20. The summed E-state index contributed by atoms with van der Waals surface area (Å²) >= 11 is 0. The summed E-state index contributed by atoms with van der Waals surface area (Å²) in [6, 6.07) is 6.40. The molecule has 1 amide bonds. The van der Waals surface area contributed by atoms with Crippen molar-refractivity contribution in [3.8, 4) is 5.75 Å². The molecule has 0 aliphatic heterocycles. The maximum atomic E-state index is 11.8. The van der Waals surface area contributed by atoms with Gasteiger partial charge in [0, 0.05) is 0 Å². The second kappa shape index (κ2) is 7.20. The van der Waals surface area contributed by atoms with Crippen LogP contribution in [0.15, 0.2) is 24.3 Å². The molecule has 0 bridgehead atoms. The normalized spacial score (nSPS) is 11.2. The summed E-state index contributed by atoms with van der Waals surface area (Å²) in [6.07, 6.45) is -0.666. The van der Waals surface area contributed by atoms with Crippen LogP contribution in [0.4, 0.5) is 4.79 Å². The zero-order valence-electron chi connectivity index (χ0n) is 14.2. The summed E-state index contributed by atoms with van der Waals surface area (Å²) in [5.74, 6) is -1.11. The van der Waals surface area contributed by atoms with Crippen LogP contribution in [-0.2, 0) is 17.8 Å². The third-order valence-electron chi connectivity index (χ3n) is 3.11. The number of carbonyl (C=O) groups is 2. The fourth-order valence-corrected chi connectivity index (χ4v) is 2.05. The Labute approximate surface area is 144 Å². The van der Waals surface area contributed by atoms with Crippen LogP contribution >= 0.6 is 0 Å². The predicted molar refractivity (Wildman–Crippen MR) is 87.3 cm³/mol. The molecule has 25 heavy (non-hydrogen) atoms. The second-order valence-electron chi connectivity index (χ2n) is 6.37. The number of aromatic carboxylic acids is 1. The van der Waals surface area contributed by atoms with Gasteiger partial charge >= 0.3 is 12.1 Å². The first-order valence-electron chi connectivity index (χ1n) is 7.56. The second-order valence-corrected chi connectivity index (χ2v) is 6.37. The first-order valence-corrected chi connectivity index (χ1v) is 7.56. The number of carboxylic acid groups (broad SMARTS) is 1. The van der Waals surface area contributed by atoms with Crippen LogP contribution in [0.3, 0.4) is 0 Å². The van der Waals surface area contributed by atoms with Crippen LogP contribution in [0.1, 0.15) is 42.5 Å². The minimum Gasteiger partial charge on any atom is -0.508 e. The number of aromatic nitrogens is 3. The first-order chi connectivity index (χ1) is 11.7. The molecule has 1 aromatic heterocycles. The lowest BCUT2D eigenvalue weighted by atomic mass is 10.2. The summed E-state index contributed by atoms with van der Waals surface area (Å²) in [5, 5.41) is 28.6. The lowest BCUT2D eigenvalue weighted by molar-refractivity contribution is 0.0519. The van der Waals surface area contributed by atoms with Gasteiger partial charge in [-0.15, -0.1) is 5.10 Å². The number of benzene rings is 1. The summed E-state index contributed by atoms with van der Waals surface area (Å²) in [5.41, 5.74) is 0.129. The molecule has 0 unspecified atom stereocenters. The molecule has 0 atom stereocenters. The molecule has 3 N–H and O–H groups in total. The van der Waals surface area contributed by atoms with Gasteiger partial charge in [0.15, 0.2) is 5.69 Å². The van der Waals surface area contributed by atoms with Crippen molar-refractivity contribution in [1.82, 2.24) is 20.3 Å². The average molecular weight is 348 g/mol. The summed E-state index contributed by atoms with van der Waals surface area (Å²) in [7, 11) is 0. The number of carbonyl (C=O) groups excluding carboxylic acids is 1. The number of alkyl carbamates (subject to hydrolysis) is 1. The molecule has 0 aliphatic rings. The number of carboxylic acids is 1. The quantitative estimate of drug-likeness (QED) is 0.751. The number of aromatic hydroxyl groups is 1. The number of hydrogen-bond donors (Lipinski definition) is 3. The van der Waals surface area contributed by atoms with E-state index in [1.54, 1.807) is 32.9 Å². The van der Waals surface area contributed by atoms with E-state index < -0.39 is 17.7 Å². The van der Waals surface area contributed by atoms with E-state index in [2.05, 4.69) is 15.6 Å². The molecule has 1 heterocycles. The van der Waals surface area contributed by atoms with Gasteiger partial charge in [-0.2, -0.15) is 0 Å². The average Bonchev–Trinajstić information content (AvgIpc) is 2.88. The smallest absolute Gasteiger partial charge is 0.407 e. The summed E-state index contributed by atoms with van der Waals surface area (Å²) < 4.78 is 6.51. The molecule has 9 nitrogen and oxygen atoms in total. The lowest BCUT2D eigenvalue weighted by Crippen LogP contribution is -2.33. The molecule has 0 aliphatic carbocycles. The Morgan fingerprint density at radius 2 is 1.88 bits per heavy atom. The molecule has 2 rings (SSSR count). The van der Waals surface area contributed by atoms with Crippen LogP contribution in [0.25, 0.3) is 0 Å². The van der Waals surface area contributed by atoms with E-state index in [0.29, 0.717) is 0 Å². The van der Waals surface area contributed by atoms with E-state index in [1.807, 2.05) is 0 Å². The zero-order valence-corrected chi connectivity index (χ0v) is 14.2. The van der Waals surface area contributed by atoms with Crippen molar-refractivity contribution < 1.29 is 24.5 Å². The van der Waals surface area contributed by atoms with Crippen molar-refractivity contribution in [2.45, 2.75) is 39.5 Å². The summed E-state index contributed by atoms with van der Waals surface area (Å²) in [4.78, 5) is 23.1. The Morgan fingerprint density at radius 1 is 1.24 bits per heavy atom. The number of ether oxygens (including phenoxy) is 1. The Morgan fingerprint density at radius 3 is 2.44 bits per heavy atom. The van der Waals surface area contributed by atoms with Gasteiger partial charge in [0.1, 0.15) is 11.4 Å². The van der Waals surface area contributed by atoms with Gasteiger partial charge in [0.2, 0.25) is 0 Å². The Hall–Kier alpha value is -3.10. The molecule has 9 heteroatoms. The largest absolute Gasteiger partial charge is 0.508 e. The maximum absolute atomic E-state index is 11.8. The highest BCUT2D eigenvalue weighted by molar-refractivity contribution is 5.86. The molecule has 1 aromatic carbocycles. The van der Waals surface area contributed by atoms with Crippen LogP contribution in [0.5, 0.6) is 5.75 Å². The Bertz CT molecular complexity index is 762. The van der Waals surface area contributed by atoms with Crippen molar-refractivity contribution in [2.24, 2.45) is 0 Å². The van der Waals surface area contributed by atoms with Crippen LogP contribution in [0, 0.1) is 0 Å². The standard InChI is InChI=1S/C16H20N4O5/c1-16(2,3)25-15(24)17-8-12-13(14(22)23)18-19-20(12)9-10-4-6-11(21)7-5-10/h4-7,21H,8-9H2,1-3H3,(H,17,24)(H,22,23). The number of phenolic OH excluding ortho intramolecular Hbond substituents is 1. The number of amides is 1. The van der Waals surface area contributed by atoms with Crippen molar-refractivity contribution in [1.29, 1.82) is 0 Å². The fourth-order valence-electron chi connectivity index (χ4n) is 2.05. The van der Waals surface area contributed by atoms with Crippen molar-refractivity contribution >= 4 is 12.1 Å². The maximum Gasteiger partial charge on any atom is 0.407 e. The number of rotatable bonds is 5. The van der Waals surface area contributed by atoms with E-state index in [9.17, 15) is 19.8 Å². The summed E-state index contributed by atoms with van der Waals surface area (Å²) in [6.45, 7) is 5.33. The van der Waals surface area contributed by atoms with Crippen LogP contribution in [-0.4, -0.2) is 42.9 Å². The van der Waals surface area contributed by atoms with Gasteiger partial charge in [0.25, 0.3) is 0 Å². The zero-order chi connectivity index (χ0) is 18.6. The van der Waals surface area contributed by atoms with Gasteiger partial charge in [-0.25, -0.2) is 14.3 Å². The van der Waals surface area contributed by atoms with Crippen LogP contribution < -0.4 is 5.32 Å². The molecule has 2 aromatic rings. The number of nitrogens with zero attached hydrogens (tertiary/aromatic N) is 3. The Balaban J connectivity index is 2.17. The van der Waals surface area contributed by atoms with Gasteiger partial charge in [-0.1, -0.05) is 17.3 Å². The molecule has 0 saturated carbocycles. The molecule has 134 valence electrons. The highest BCUT2D eigenvalue weighted by Crippen LogP contribution is 2.13. The highest BCUT2D eigenvalue weighted by atomic mass is 16.6. The monoisotopic (exact) mass is 348 g/mol. The molecule has 0 fully saturated rings. The van der Waals surface area contributed by atoms with Gasteiger partial charge in [0.05, 0.1) is 18.8 Å². The molecular formula is C16H20N4O5. The SMILES string of the molecule is CC(C)(C)OC(=O)NCc1c(C(=O)O)nnn1Cc1ccc(O)cc1. The fraction of sp³-hybridized carbons (Fsp3) is 0.375. The predicted octanol–water partition coefficient (Wildman–Crippen LogP) is 1.75. The van der Waals surface area contributed by atoms with Crippen molar-refractivity contribution in [2.75, 3.05) is 0 Å². The topological polar surface area (TPSA) is 127 Å². The minimum atomic E-state index is -1.24. The van der Waals surface area contributed by atoms with Crippen molar-refractivity contribution in [3.05, 3.63) is 41.2 Å². The van der Waals surface area contributed by atoms with E-state index in [0.717, 1.165) is 5.56 Å². The Kier molecular flexibility index (Phi) is 5.26. The highest BCUT2D eigenvalue weighted by Gasteiger charge is 2.21. The van der Waals surface area contributed by atoms with E-state index in [-0.39, 0.29) is 30.2 Å². The molecule has 0 spiro atoms. The van der Waals surface area contributed by atoms with Crippen molar-refractivity contribution in [3.63, 3.8) is 0 Å². The number of nitrogens with one attached hydrogen (secondary N) is 1. The molecular weight excluding hydrogens is 328 g/mol. The van der Waals surface area contributed by atoms with Gasteiger partial charge in [-0.3, -0.25) is 0 Å². The van der Waals surface area contributed by atoms with Gasteiger partial charge in [-0.05, 0) is 38.5 Å². The number of phenols is 1. The lowest BCUT2D eigenvalue weighted by Gasteiger charge is -2.19. The molecule has 0 saturated heterocycles. The van der Waals surface area contributed by atoms with Crippen LogP contribution in [0.2, 0.25) is 0 Å². The van der Waals surface area contributed by atoms with Gasteiger partial charge < -0.3 is 20.3 Å². The first kappa shape index (κ1) is 18.2. The van der Waals surface area contributed by atoms with E-state index in [1.165, 1.54) is 16.8 Å².